The number of ether oxygens (including phenoxy) is 1. The lowest BCUT2D eigenvalue weighted by Crippen LogP contribution is -2.15. The summed E-state index contributed by atoms with van der Waals surface area (Å²) in [7, 11) is 0. The lowest BCUT2D eigenvalue weighted by Gasteiger charge is -2.07. The molecule has 0 aliphatic rings. The number of esters is 1. The average molecular weight is 424 g/mol. The molecule has 5 aromatic heterocycles. The number of fused-ring (bicyclic) bond motifs is 2. The molecule has 0 bridgehead atoms. The minimum Gasteiger partial charge on any atom is -0.456 e. The van der Waals surface area contributed by atoms with E-state index in [2.05, 4.69) is 15.1 Å². The Morgan fingerprint density at radius 2 is 2.14 bits per heavy atom. The van der Waals surface area contributed by atoms with Crippen LogP contribution in [0, 0.1) is 6.92 Å². The Kier molecular flexibility index (Phi) is 4.22. The Hall–Kier alpha value is -3.37. The number of thiazole rings is 1. The highest BCUT2D eigenvalue weighted by molar-refractivity contribution is 7.15. The summed E-state index contributed by atoms with van der Waals surface area (Å²) in [4.78, 5) is 35.2. The van der Waals surface area contributed by atoms with Crippen molar-refractivity contribution >= 4 is 44.7 Å². The predicted molar refractivity (Wildman–Crippen MR) is 108 cm³/mol. The summed E-state index contributed by atoms with van der Waals surface area (Å²) < 4.78 is 12.2. The lowest BCUT2D eigenvalue weighted by atomic mass is 10.1. The van der Waals surface area contributed by atoms with Crippen LogP contribution in [0.4, 0.5) is 0 Å². The van der Waals surface area contributed by atoms with Crippen molar-refractivity contribution in [2.45, 2.75) is 13.5 Å². The number of pyridine rings is 1. The van der Waals surface area contributed by atoms with Gasteiger partial charge < -0.3 is 9.26 Å². The van der Waals surface area contributed by atoms with Crippen LogP contribution in [0.5, 0.6) is 0 Å². The van der Waals surface area contributed by atoms with E-state index in [1.807, 2.05) is 17.5 Å². The zero-order valence-electron chi connectivity index (χ0n) is 15.0. The van der Waals surface area contributed by atoms with Crippen molar-refractivity contribution in [2.24, 2.45) is 0 Å². The molecule has 0 aliphatic carbocycles. The van der Waals surface area contributed by atoms with E-state index in [-0.39, 0.29) is 17.9 Å². The standard InChI is InChI=1S/C19H12N4O4S2/c1-10-16-12(8-13(14-3-2-5-28-14)21-17(16)27-22-10)18(25)26-9-11-7-15(24)23-4-6-29-19(23)20-11/h2-8H,9H2,1H3. The molecule has 0 aliphatic heterocycles. The zero-order valence-corrected chi connectivity index (χ0v) is 16.6. The largest absolute Gasteiger partial charge is 0.456 e. The molecule has 0 atom stereocenters. The first-order valence-electron chi connectivity index (χ1n) is 8.54. The van der Waals surface area contributed by atoms with Gasteiger partial charge in [-0.2, -0.15) is 0 Å². The van der Waals surface area contributed by atoms with Gasteiger partial charge in [-0.05, 0) is 24.4 Å². The monoisotopic (exact) mass is 424 g/mol. The van der Waals surface area contributed by atoms with Gasteiger partial charge in [0.2, 0.25) is 0 Å². The van der Waals surface area contributed by atoms with Crippen molar-refractivity contribution in [2.75, 3.05) is 0 Å². The molecule has 8 nitrogen and oxygen atoms in total. The molecule has 0 saturated carbocycles. The quantitative estimate of drug-likeness (QED) is 0.406. The Bertz CT molecular complexity index is 1420. The molecule has 5 heterocycles. The van der Waals surface area contributed by atoms with E-state index in [1.165, 1.54) is 33.1 Å². The highest BCUT2D eigenvalue weighted by Crippen LogP contribution is 2.29. The minimum atomic E-state index is -0.560. The van der Waals surface area contributed by atoms with Gasteiger partial charge >= 0.3 is 5.97 Å². The molecule has 144 valence electrons. The fourth-order valence-electron chi connectivity index (χ4n) is 2.99. The van der Waals surface area contributed by atoms with Crippen LogP contribution in [0.2, 0.25) is 0 Å². The van der Waals surface area contributed by atoms with Crippen LogP contribution in [0.3, 0.4) is 0 Å². The Morgan fingerprint density at radius 1 is 1.24 bits per heavy atom. The summed E-state index contributed by atoms with van der Waals surface area (Å²) in [6.07, 6.45) is 1.65. The number of nitrogens with zero attached hydrogens (tertiary/aromatic N) is 4. The van der Waals surface area contributed by atoms with Crippen LogP contribution in [0.15, 0.2) is 50.5 Å². The van der Waals surface area contributed by atoms with E-state index in [9.17, 15) is 9.59 Å². The second-order valence-electron chi connectivity index (χ2n) is 6.20. The van der Waals surface area contributed by atoms with E-state index in [0.29, 0.717) is 33.0 Å². The molecule has 0 radical (unpaired) electrons. The van der Waals surface area contributed by atoms with Gasteiger partial charge in [0.15, 0.2) is 4.96 Å². The fraction of sp³-hybridized carbons (Fsp3) is 0.105. The average Bonchev–Trinajstić information content (AvgIpc) is 3.46. The molecule has 5 rings (SSSR count). The summed E-state index contributed by atoms with van der Waals surface area (Å²) in [5, 5.41) is 8.13. The van der Waals surface area contributed by atoms with Crippen molar-refractivity contribution in [1.29, 1.82) is 0 Å². The van der Waals surface area contributed by atoms with E-state index >= 15 is 0 Å². The maximum Gasteiger partial charge on any atom is 0.339 e. The first-order chi connectivity index (χ1) is 14.1. The molecule has 0 saturated heterocycles. The molecule has 0 spiro atoms. The summed E-state index contributed by atoms with van der Waals surface area (Å²) in [5.41, 5.74) is 1.91. The minimum absolute atomic E-state index is 0.120. The van der Waals surface area contributed by atoms with Gasteiger partial charge in [-0.25, -0.2) is 14.8 Å². The third-order valence-electron chi connectivity index (χ3n) is 4.32. The summed E-state index contributed by atoms with van der Waals surface area (Å²) in [5.74, 6) is -0.560. The van der Waals surface area contributed by atoms with Gasteiger partial charge in [0.1, 0.15) is 6.61 Å². The van der Waals surface area contributed by atoms with Gasteiger partial charge in [0.25, 0.3) is 11.3 Å². The Morgan fingerprint density at radius 3 is 2.97 bits per heavy atom. The number of hydrogen-bond acceptors (Lipinski definition) is 9. The van der Waals surface area contributed by atoms with Crippen LogP contribution in [-0.4, -0.2) is 25.5 Å². The number of rotatable bonds is 4. The molecule has 0 fully saturated rings. The molecule has 0 amide bonds. The van der Waals surface area contributed by atoms with Gasteiger partial charge in [-0.3, -0.25) is 9.20 Å². The summed E-state index contributed by atoms with van der Waals surface area (Å²) >= 11 is 2.84. The topological polar surface area (TPSA) is 99.6 Å². The van der Waals surface area contributed by atoms with Crippen molar-refractivity contribution in [3.05, 3.63) is 68.5 Å². The SMILES string of the molecule is Cc1noc2nc(-c3cccs3)cc(C(=O)OCc3cc(=O)n4ccsc4n3)c12. The van der Waals surface area contributed by atoms with Crippen molar-refractivity contribution < 1.29 is 14.1 Å². The van der Waals surface area contributed by atoms with Crippen LogP contribution < -0.4 is 5.56 Å². The normalized spacial score (nSPS) is 11.3. The molecule has 5 aromatic rings. The second kappa shape index (κ2) is 6.90. The predicted octanol–water partition coefficient (Wildman–Crippen LogP) is 3.69. The smallest absolute Gasteiger partial charge is 0.339 e. The van der Waals surface area contributed by atoms with Gasteiger partial charge in [-0.1, -0.05) is 11.2 Å². The first-order valence-corrected chi connectivity index (χ1v) is 10.3. The molecular formula is C19H12N4O4S2. The van der Waals surface area contributed by atoms with Crippen LogP contribution >= 0.6 is 22.7 Å². The van der Waals surface area contributed by atoms with Crippen LogP contribution in [-0.2, 0) is 11.3 Å². The third kappa shape index (κ3) is 3.12. The molecular weight excluding hydrogens is 412 g/mol. The van der Waals surface area contributed by atoms with Gasteiger partial charge in [0.05, 0.1) is 32.9 Å². The van der Waals surface area contributed by atoms with Gasteiger partial charge in [0, 0.05) is 17.6 Å². The fourth-order valence-corrected chi connectivity index (χ4v) is 4.41. The molecule has 0 N–H and O–H groups in total. The van der Waals surface area contributed by atoms with Crippen LogP contribution in [0.1, 0.15) is 21.7 Å². The summed E-state index contributed by atoms with van der Waals surface area (Å²) in [6.45, 7) is 1.62. The number of aryl methyl sites for hydroxylation is 1. The molecule has 10 heteroatoms. The number of thiophene rings is 1. The van der Waals surface area contributed by atoms with Crippen molar-refractivity contribution in [1.82, 2.24) is 19.5 Å². The Balaban J connectivity index is 1.49. The Labute approximate surface area is 171 Å². The highest BCUT2D eigenvalue weighted by atomic mass is 32.1. The number of carbonyl (C=O) groups excluding carboxylic acids is 1. The highest BCUT2D eigenvalue weighted by Gasteiger charge is 2.21. The lowest BCUT2D eigenvalue weighted by molar-refractivity contribution is 0.0470. The third-order valence-corrected chi connectivity index (χ3v) is 5.97. The number of hydrogen-bond donors (Lipinski definition) is 0. The van der Waals surface area contributed by atoms with E-state index in [4.69, 9.17) is 9.26 Å². The van der Waals surface area contributed by atoms with E-state index < -0.39 is 5.97 Å². The molecule has 29 heavy (non-hydrogen) atoms. The van der Waals surface area contributed by atoms with E-state index in [1.54, 1.807) is 24.6 Å². The van der Waals surface area contributed by atoms with Crippen LogP contribution in [0.25, 0.3) is 26.6 Å². The van der Waals surface area contributed by atoms with Crippen molar-refractivity contribution in [3.63, 3.8) is 0 Å². The maximum atomic E-state index is 12.9. The van der Waals surface area contributed by atoms with Gasteiger partial charge in [-0.15, -0.1) is 22.7 Å². The molecule has 0 aromatic carbocycles. The second-order valence-corrected chi connectivity index (χ2v) is 8.02. The molecule has 0 unspecified atom stereocenters. The maximum absolute atomic E-state index is 12.9. The number of aromatic nitrogens is 4. The first kappa shape index (κ1) is 17.7. The summed E-state index contributed by atoms with van der Waals surface area (Å²) in [6, 6.07) is 6.84. The zero-order chi connectivity index (χ0) is 20.0. The van der Waals surface area contributed by atoms with E-state index in [0.717, 1.165) is 4.88 Å². The van der Waals surface area contributed by atoms with Crippen molar-refractivity contribution in [3.8, 4) is 10.6 Å². The number of carbonyl (C=O) groups is 1.